The third kappa shape index (κ3) is 5.87. The van der Waals surface area contributed by atoms with Crippen LogP contribution in [-0.4, -0.2) is 42.3 Å². The second kappa shape index (κ2) is 9.36. The lowest BCUT2D eigenvalue weighted by molar-refractivity contribution is -0.156. The molecule has 3 rings (SSSR count). The van der Waals surface area contributed by atoms with Crippen molar-refractivity contribution in [2.75, 3.05) is 6.61 Å². The first-order chi connectivity index (χ1) is 14.2. The Morgan fingerprint density at radius 3 is 2.67 bits per heavy atom. The number of hydrogen-bond donors (Lipinski definition) is 2. The SMILES string of the molecule is C[C@H](OC(=O)COc1cccc2c1OC(C)(C)C2)C(=O)NC(=O)NC1CCCCC1. The Hall–Kier alpha value is -2.77. The molecule has 1 aromatic carbocycles. The van der Waals surface area contributed by atoms with Crippen LogP contribution in [0.15, 0.2) is 18.2 Å². The number of urea groups is 1. The number of imide groups is 1. The van der Waals surface area contributed by atoms with E-state index in [1.807, 2.05) is 26.0 Å². The van der Waals surface area contributed by atoms with E-state index in [0.29, 0.717) is 11.5 Å². The molecule has 8 nitrogen and oxygen atoms in total. The minimum absolute atomic E-state index is 0.0811. The second-order valence-corrected chi connectivity index (χ2v) is 8.50. The molecule has 0 aromatic heterocycles. The maximum atomic E-state index is 12.1. The van der Waals surface area contributed by atoms with Crippen molar-refractivity contribution < 1.29 is 28.6 Å². The molecule has 1 fully saturated rings. The summed E-state index contributed by atoms with van der Waals surface area (Å²) >= 11 is 0. The van der Waals surface area contributed by atoms with Crippen molar-refractivity contribution in [3.63, 3.8) is 0 Å². The largest absolute Gasteiger partial charge is 0.483 e. The highest BCUT2D eigenvalue weighted by Gasteiger charge is 2.32. The molecule has 8 heteroatoms. The molecule has 0 unspecified atom stereocenters. The van der Waals surface area contributed by atoms with Crippen LogP contribution in [0.4, 0.5) is 4.79 Å². The number of para-hydroxylation sites is 1. The molecule has 1 atom stereocenters. The predicted octanol–water partition coefficient (Wildman–Crippen LogP) is 2.87. The fraction of sp³-hybridized carbons (Fsp3) is 0.591. The smallest absolute Gasteiger partial charge is 0.344 e. The van der Waals surface area contributed by atoms with Crippen molar-refractivity contribution >= 4 is 17.9 Å². The number of amides is 3. The number of carbonyl (C=O) groups excluding carboxylic acids is 3. The molecule has 164 valence electrons. The molecule has 0 saturated heterocycles. The van der Waals surface area contributed by atoms with E-state index in [4.69, 9.17) is 14.2 Å². The lowest BCUT2D eigenvalue weighted by Gasteiger charge is -2.23. The number of benzene rings is 1. The summed E-state index contributed by atoms with van der Waals surface area (Å²) in [6.45, 7) is 5.00. The second-order valence-electron chi connectivity index (χ2n) is 8.50. The van der Waals surface area contributed by atoms with Crippen LogP contribution in [0.25, 0.3) is 0 Å². The van der Waals surface area contributed by atoms with Crippen LogP contribution in [0.5, 0.6) is 11.5 Å². The fourth-order valence-corrected chi connectivity index (χ4v) is 3.80. The van der Waals surface area contributed by atoms with Crippen LogP contribution in [0, 0.1) is 0 Å². The molecule has 0 spiro atoms. The third-order valence-corrected chi connectivity index (χ3v) is 5.26. The zero-order valence-corrected chi connectivity index (χ0v) is 17.8. The monoisotopic (exact) mass is 418 g/mol. The van der Waals surface area contributed by atoms with E-state index in [-0.39, 0.29) is 18.2 Å². The summed E-state index contributed by atoms with van der Waals surface area (Å²) in [6.07, 6.45) is 4.77. The van der Waals surface area contributed by atoms with Gasteiger partial charge < -0.3 is 19.5 Å². The molecule has 3 amide bonds. The molecule has 1 aliphatic heterocycles. The van der Waals surface area contributed by atoms with Gasteiger partial charge in [0.25, 0.3) is 5.91 Å². The summed E-state index contributed by atoms with van der Waals surface area (Å²) in [5, 5.41) is 5.01. The standard InChI is InChI=1S/C22H30N2O6/c1-14(20(26)24-21(27)23-16-9-5-4-6-10-16)29-18(25)13-28-17-11-7-8-15-12-22(2,3)30-19(15)17/h7-8,11,14,16H,4-6,9-10,12-13H2,1-3H3,(H2,23,24,26,27)/t14-/m0/s1. The molecule has 1 heterocycles. The summed E-state index contributed by atoms with van der Waals surface area (Å²) in [4.78, 5) is 36.2. The van der Waals surface area contributed by atoms with Gasteiger partial charge in [-0.2, -0.15) is 0 Å². The quantitative estimate of drug-likeness (QED) is 0.689. The molecular formula is C22H30N2O6. The van der Waals surface area contributed by atoms with Crippen molar-refractivity contribution in [2.45, 2.75) is 77.0 Å². The molecule has 30 heavy (non-hydrogen) atoms. The van der Waals surface area contributed by atoms with Gasteiger partial charge in [-0.1, -0.05) is 31.4 Å². The highest BCUT2D eigenvalue weighted by molar-refractivity contribution is 5.97. The van der Waals surface area contributed by atoms with Crippen molar-refractivity contribution in [3.8, 4) is 11.5 Å². The van der Waals surface area contributed by atoms with E-state index < -0.39 is 24.0 Å². The first-order valence-electron chi connectivity index (χ1n) is 10.5. The lowest BCUT2D eigenvalue weighted by Crippen LogP contribution is -2.48. The topological polar surface area (TPSA) is 103 Å². The summed E-state index contributed by atoms with van der Waals surface area (Å²) in [5.41, 5.74) is 0.690. The van der Waals surface area contributed by atoms with Gasteiger partial charge in [-0.25, -0.2) is 9.59 Å². The number of fused-ring (bicyclic) bond motifs is 1. The lowest BCUT2D eigenvalue weighted by atomic mass is 9.96. The van der Waals surface area contributed by atoms with E-state index in [2.05, 4.69) is 10.6 Å². The van der Waals surface area contributed by atoms with E-state index in [1.54, 1.807) is 6.07 Å². The minimum Gasteiger partial charge on any atom is -0.483 e. The number of hydrogen-bond acceptors (Lipinski definition) is 6. The Bertz CT molecular complexity index is 801. The highest BCUT2D eigenvalue weighted by Crippen LogP contribution is 2.41. The van der Waals surface area contributed by atoms with Gasteiger partial charge in [-0.05, 0) is 39.7 Å². The molecule has 1 aliphatic carbocycles. The molecule has 2 N–H and O–H groups in total. The van der Waals surface area contributed by atoms with Crippen LogP contribution in [0.2, 0.25) is 0 Å². The first kappa shape index (κ1) is 21.9. The van der Waals surface area contributed by atoms with E-state index in [9.17, 15) is 14.4 Å². The minimum atomic E-state index is -1.12. The Kier molecular flexibility index (Phi) is 6.84. The first-order valence-corrected chi connectivity index (χ1v) is 10.5. The van der Waals surface area contributed by atoms with Gasteiger partial charge in [0.1, 0.15) is 5.60 Å². The van der Waals surface area contributed by atoms with Crippen molar-refractivity contribution in [1.82, 2.24) is 10.6 Å². The van der Waals surface area contributed by atoms with E-state index >= 15 is 0 Å². The van der Waals surface area contributed by atoms with Gasteiger partial charge in [-0.15, -0.1) is 0 Å². The molecule has 2 aliphatic rings. The van der Waals surface area contributed by atoms with Crippen molar-refractivity contribution in [2.24, 2.45) is 0 Å². The van der Waals surface area contributed by atoms with E-state index in [0.717, 1.165) is 37.7 Å². The van der Waals surface area contributed by atoms with Crippen molar-refractivity contribution in [3.05, 3.63) is 23.8 Å². The van der Waals surface area contributed by atoms with E-state index in [1.165, 1.54) is 13.3 Å². The zero-order chi connectivity index (χ0) is 21.7. The average molecular weight is 418 g/mol. The summed E-state index contributed by atoms with van der Waals surface area (Å²) in [7, 11) is 0. The number of rotatable bonds is 6. The Labute approximate surface area is 176 Å². The highest BCUT2D eigenvalue weighted by atomic mass is 16.6. The van der Waals surface area contributed by atoms with Crippen LogP contribution >= 0.6 is 0 Å². The maximum Gasteiger partial charge on any atom is 0.344 e. The Morgan fingerprint density at radius 2 is 1.93 bits per heavy atom. The Balaban J connectivity index is 1.43. The number of esters is 1. The molecular weight excluding hydrogens is 388 g/mol. The predicted molar refractivity (Wildman–Crippen MR) is 109 cm³/mol. The van der Waals surface area contributed by atoms with Crippen LogP contribution in [-0.2, 0) is 20.7 Å². The van der Waals surface area contributed by atoms with Crippen LogP contribution < -0.4 is 20.1 Å². The fourth-order valence-electron chi connectivity index (χ4n) is 3.80. The number of nitrogens with one attached hydrogen (secondary N) is 2. The summed E-state index contributed by atoms with van der Waals surface area (Å²) in [6, 6.07) is 5.04. The Morgan fingerprint density at radius 1 is 1.20 bits per heavy atom. The molecule has 1 saturated carbocycles. The van der Waals surface area contributed by atoms with Crippen LogP contribution in [0.1, 0.15) is 58.4 Å². The molecule has 1 aromatic rings. The zero-order valence-electron chi connectivity index (χ0n) is 17.8. The van der Waals surface area contributed by atoms with Crippen molar-refractivity contribution in [1.29, 1.82) is 0 Å². The van der Waals surface area contributed by atoms with Gasteiger partial charge >= 0.3 is 12.0 Å². The van der Waals surface area contributed by atoms with Gasteiger partial charge in [0, 0.05) is 18.0 Å². The average Bonchev–Trinajstić information content (AvgIpc) is 3.01. The normalized spacial score (nSPS) is 18.5. The maximum absolute atomic E-state index is 12.1. The summed E-state index contributed by atoms with van der Waals surface area (Å²) < 4.78 is 16.5. The molecule has 0 radical (unpaired) electrons. The molecule has 0 bridgehead atoms. The van der Waals surface area contributed by atoms with Gasteiger partial charge in [-0.3, -0.25) is 10.1 Å². The van der Waals surface area contributed by atoms with Gasteiger partial charge in [0.15, 0.2) is 24.2 Å². The van der Waals surface area contributed by atoms with Gasteiger partial charge in [0.05, 0.1) is 0 Å². The van der Waals surface area contributed by atoms with Gasteiger partial charge in [0.2, 0.25) is 0 Å². The third-order valence-electron chi connectivity index (χ3n) is 5.26. The van der Waals surface area contributed by atoms with Crippen LogP contribution in [0.3, 0.4) is 0 Å². The summed E-state index contributed by atoms with van der Waals surface area (Å²) in [5.74, 6) is -0.304. The number of ether oxygens (including phenoxy) is 3. The number of carbonyl (C=O) groups is 3.